The molecule has 6 amide bonds. The summed E-state index contributed by atoms with van der Waals surface area (Å²) in [5.74, 6) is -2.80. The number of rotatable bonds is 16. The Morgan fingerprint density at radius 3 is 0.977 bits per heavy atom. The molecule has 6 aromatic rings. The maximum absolute atomic E-state index is 13.3. The molecular formula is C66H74N6O12S2. The lowest BCUT2D eigenvalue weighted by molar-refractivity contribution is -0.121. The Morgan fingerprint density at radius 1 is 0.430 bits per heavy atom. The molecule has 0 radical (unpaired) electrons. The van der Waals surface area contributed by atoms with Gasteiger partial charge in [-0.3, -0.25) is 38.6 Å². The SMILES string of the molecule is C1COCCO1.CC(C)C(C(=O)Nc1ccc(S(=O)(=O)N2CCC(Cc3ccccc3)CC2)cc1)N1C(=O)c2ccccc2C1=O.CC(C)C(C(=O)Nc1ccc(S(=O)(=O)N2CCC(Cc3ccccc3)CC2)cc1)N1C(=O)c2ccccc2C1=O. The minimum atomic E-state index is -3.67. The number of amides is 6. The van der Waals surface area contributed by atoms with Gasteiger partial charge in [-0.25, -0.2) is 16.8 Å². The Morgan fingerprint density at radius 2 is 0.709 bits per heavy atom. The van der Waals surface area contributed by atoms with E-state index in [0.717, 1.165) is 74.8 Å². The van der Waals surface area contributed by atoms with Crippen LogP contribution in [-0.4, -0.2) is 135 Å². The Balaban J connectivity index is 0.000000187. The van der Waals surface area contributed by atoms with Crippen LogP contribution in [0.3, 0.4) is 0 Å². The predicted molar refractivity (Wildman–Crippen MR) is 326 cm³/mol. The average molecular weight is 1210 g/mol. The van der Waals surface area contributed by atoms with Crippen LogP contribution in [0.15, 0.2) is 168 Å². The van der Waals surface area contributed by atoms with Gasteiger partial charge in [0.25, 0.3) is 23.6 Å². The molecule has 2 atom stereocenters. The molecule has 0 saturated carbocycles. The Bertz CT molecular complexity index is 3290. The lowest BCUT2D eigenvalue weighted by Crippen LogP contribution is -2.50. The molecule has 18 nitrogen and oxygen atoms in total. The smallest absolute Gasteiger partial charge is 0.262 e. The number of hydrogen-bond donors (Lipinski definition) is 2. The van der Waals surface area contributed by atoms with Crippen LogP contribution in [0, 0.1) is 23.7 Å². The van der Waals surface area contributed by atoms with Gasteiger partial charge in [0.15, 0.2) is 0 Å². The first-order valence-electron chi connectivity index (χ1n) is 29.3. The van der Waals surface area contributed by atoms with Crippen LogP contribution >= 0.6 is 0 Å². The highest BCUT2D eigenvalue weighted by molar-refractivity contribution is 7.89. The first-order chi connectivity index (χ1) is 41.3. The molecule has 5 aliphatic rings. The van der Waals surface area contributed by atoms with E-state index in [4.69, 9.17) is 9.47 Å². The fourth-order valence-corrected chi connectivity index (χ4v) is 14.5. The monoisotopic (exact) mass is 1210 g/mol. The number of nitrogens with zero attached hydrogens (tertiary/aromatic N) is 4. The van der Waals surface area contributed by atoms with Crippen LogP contribution in [-0.2, 0) is 52.0 Å². The van der Waals surface area contributed by atoms with Gasteiger partial charge in [-0.05, 0) is 146 Å². The van der Waals surface area contributed by atoms with E-state index < -0.39 is 67.6 Å². The highest BCUT2D eigenvalue weighted by Gasteiger charge is 2.45. The molecule has 0 bridgehead atoms. The lowest BCUT2D eigenvalue weighted by atomic mass is 9.91. The van der Waals surface area contributed by atoms with Crippen LogP contribution in [0.2, 0.25) is 0 Å². The second kappa shape index (κ2) is 28.2. The van der Waals surface area contributed by atoms with Crippen LogP contribution in [0.25, 0.3) is 0 Å². The third kappa shape index (κ3) is 14.6. The summed E-state index contributed by atoms with van der Waals surface area (Å²) >= 11 is 0. The number of anilines is 2. The maximum Gasteiger partial charge on any atom is 0.262 e. The summed E-state index contributed by atoms with van der Waals surface area (Å²) in [7, 11) is -7.34. The van der Waals surface area contributed by atoms with Crippen LogP contribution in [0.5, 0.6) is 0 Å². The number of carbonyl (C=O) groups excluding carboxylic acids is 6. The normalized spacial score (nSPS) is 17.7. The highest BCUT2D eigenvalue weighted by atomic mass is 32.2. The number of imide groups is 2. The largest absolute Gasteiger partial charge is 0.377 e. The number of ether oxygens (including phenoxy) is 2. The zero-order chi connectivity index (χ0) is 61.1. The van der Waals surface area contributed by atoms with E-state index in [2.05, 4.69) is 34.9 Å². The molecule has 5 heterocycles. The van der Waals surface area contributed by atoms with Crippen molar-refractivity contribution in [3.63, 3.8) is 0 Å². The summed E-state index contributed by atoms with van der Waals surface area (Å²) in [4.78, 5) is 80.9. The third-order valence-electron chi connectivity index (χ3n) is 16.2. The van der Waals surface area contributed by atoms with Crippen molar-refractivity contribution in [1.82, 2.24) is 18.4 Å². The molecule has 0 spiro atoms. The Labute approximate surface area is 504 Å². The van der Waals surface area contributed by atoms with E-state index in [9.17, 15) is 45.6 Å². The van der Waals surface area contributed by atoms with Gasteiger partial charge in [-0.2, -0.15) is 8.61 Å². The standard InChI is InChI=1S/2C31H33N3O5S.C4H8O2/c2*1-21(2)28(34-30(36)26-10-6-7-11-27(26)31(34)37)29(35)32-24-12-14-25(15-13-24)40(38,39)33-18-16-23(17-19-33)20-22-8-4-3-5-9-22;1-2-6-4-3-5-1/h2*3-15,21,23,28H,16-20H2,1-2H3,(H,32,35);1-4H2. The van der Waals surface area contributed by atoms with E-state index in [-0.39, 0.29) is 43.9 Å². The van der Waals surface area contributed by atoms with Crippen molar-refractivity contribution in [2.24, 2.45) is 23.7 Å². The van der Waals surface area contributed by atoms with Gasteiger partial charge >= 0.3 is 0 Å². The van der Waals surface area contributed by atoms with Crippen molar-refractivity contribution in [1.29, 1.82) is 0 Å². The first-order valence-corrected chi connectivity index (χ1v) is 32.2. The molecule has 0 aliphatic carbocycles. The molecule has 11 rings (SSSR count). The maximum atomic E-state index is 13.3. The predicted octanol–water partition coefficient (Wildman–Crippen LogP) is 9.21. The summed E-state index contributed by atoms with van der Waals surface area (Å²) in [6.45, 7) is 12.1. The average Bonchev–Trinajstić information content (AvgIpc) is 2.04. The van der Waals surface area contributed by atoms with Gasteiger partial charge in [0, 0.05) is 37.6 Å². The molecular weight excluding hydrogens is 1130 g/mol. The zero-order valence-corrected chi connectivity index (χ0v) is 50.5. The van der Waals surface area contributed by atoms with Crippen molar-refractivity contribution in [3.8, 4) is 0 Å². The summed E-state index contributed by atoms with van der Waals surface area (Å²) < 4.78 is 66.1. The fourth-order valence-electron chi connectivity index (χ4n) is 11.6. The van der Waals surface area contributed by atoms with E-state index in [0.29, 0.717) is 49.4 Å². The number of piperidine rings is 2. The minimum absolute atomic E-state index is 0.160. The summed E-state index contributed by atoms with van der Waals surface area (Å²) in [5, 5.41) is 5.52. The van der Waals surface area contributed by atoms with Gasteiger partial charge in [-0.15, -0.1) is 0 Å². The summed E-state index contributed by atoms with van der Waals surface area (Å²) in [5.41, 5.74) is 4.43. The van der Waals surface area contributed by atoms with E-state index >= 15 is 0 Å². The number of fused-ring (bicyclic) bond motifs is 2. The summed E-state index contributed by atoms with van der Waals surface area (Å²) in [6, 6.07) is 43.5. The number of nitrogens with one attached hydrogen (secondary N) is 2. The quantitative estimate of drug-likeness (QED) is 0.0865. The van der Waals surface area contributed by atoms with Crippen molar-refractivity contribution >= 4 is 66.9 Å². The van der Waals surface area contributed by atoms with Crippen LogP contribution in [0.1, 0.15) is 106 Å². The second-order valence-corrected chi connectivity index (χ2v) is 26.6. The number of benzene rings is 6. The highest BCUT2D eigenvalue weighted by Crippen LogP contribution is 2.32. The van der Waals surface area contributed by atoms with E-state index in [1.165, 1.54) is 68.3 Å². The molecule has 3 saturated heterocycles. The molecule has 20 heteroatoms. The minimum Gasteiger partial charge on any atom is -0.377 e. The van der Waals surface area contributed by atoms with Crippen molar-refractivity contribution in [2.75, 3.05) is 63.2 Å². The topological polar surface area (TPSA) is 226 Å². The van der Waals surface area contributed by atoms with Gasteiger partial charge in [0.1, 0.15) is 12.1 Å². The zero-order valence-electron chi connectivity index (χ0n) is 48.9. The molecule has 2 N–H and O–H groups in total. The molecule has 86 heavy (non-hydrogen) atoms. The third-order valence-corrected chi connectivity index (χ3v) is 20.0. The Hall–Kier alpha value is -7.72. The molecule has 5 aliphatic heterocycles. The molecule has 3 fully saturated rings. The van der Waals surface area contributed by atoms with Crippen molar-refractivity contribution in [2.45, 2.75) is 88.1 Å². The van der Waals surface area contributed by atoms with Gasteiger partial charge in [0.05, 0.1) is 58.5 Å². The lowest BCUT2D eigenvalue weighted by Gasteiger charge is -2.31. The van der Waals surface area contributed by atoms with E-state index in [1.54, 1.807) is 76.2 Å². The molecule has 452 valence electrons. The van der Waals surface area contributed by atoms with Gasteiger partial charge in [0.2, 0.25) is 31.9 Å². The first kappa shape index (κ1) is 62.8. The van der Waals surface area contributed by atoms with Gasteiger partial charge in [-0.1, -0.05) is 113 Å². The van der Waals surface area contributed by atoms with Crippen molar-refractivity contribution < 1.29 is 55.1 Å². The number of carbonyl (C=O) groups is 6. The van der Waals surface area contributed by atoms with Crippen LogP contribution < -0.4 is 10.6 Å². The molecule has 0 aromatic heterocycles. The van der Waals surface area contributed by atoms with Gasteiger partial charge < -0.3 is 20.1 Å². The molecule has 6 aromatic carbocycles. The van der Waals surface area contributed by atoms with Crippen LogP contribution in [0.4, 0.5) is 11.4 Å². The number of sulfonamides is 2. The van der Waals surface area contributed by atoms with E-state index in [1.807, 2.05) is 36.4 Å². The Kier molecular flexibility index (Phi) is 20.6. The summed E-state index contributed by atoms with van der Waals surface area (Å²) in [6.07, 6.45) is 5.10. The molecule has 2 unspecified atom stereocenters. The second-order valence-electron chi connectivity index (χ2n) is 22.8. The number of hydrogen-bond acceptors (Lipinski definition) is 12. The van der Waals surface area contributed by atoms with Crippen molar-refractivity contribution in [3.05, 3.63) is 191 Å². The fraction of sp³-hybridized carbons (Fsp3) is 0.364.